The highest BCUT2D eigenvalue weighted by atomic mass is 15.2. The molecular weight excluding hydrogens is 246 g/mol. The maximum atomic E-state index is 4.80. The van der Waals surface area contributed by atoms with Crippen LogP contribution in [0, 0.1) is 6.92 Å². The SMILES string of the molecule is Cc1nc(N(C)C2CCCC2)ccc1CNC(C)(C)C. The van der Waals surface area contributed by atoms with Gasteiger partial charge in [-0.1, -0.05) is 18.9 Å². The fraction of sp³-hybridized carbons (Fsp3) is 0.706. The van der Waals surface area contributed by atoms with Crippen LogP contribution in [0.2, 0.25) is 0 Å². The number of pyridine rings is 1. The maximum Gasteiger partial charge on any atom is 0.128 e. The summed E-state index contributed by atoms with van der Waals surface area (Å²) in [6.45, 7) is 9.58. The maximum absolute atomic E-state index is 4.80. The van der Waals surface area contributed by atoms with Crippen LogP contribution >= 0.6 is 0 Å². The van der Waals surface area contributed by atoms with E-state index in [4.69, 9.17) is 4.98 Å². The summed E-state index contributed by atoms with van der Waals surface area (Å²) >= 11 is 0. The molecule has 0 radical (unpaired) electrons. The summed E-state index contributed by atoms with van der Waals surface area (Å²) in [5, 5.41) is 3.53. The monoisotopic (exact) mass is 275 g/mol. The molecule has 1 heterocycles. The molecule has 20 heavy (non-hydrogen) atoms. The lowest BCUT2D eigenvalue weighted by Gasteiger charge is -2.26. The van der Waals surface area contributed by atoms with Crippen LogP contribution in [0.15, 0.2) is 12.1 Å². The minimum atomic E-state index is 0.145. The molecule has 2 rings (SSSR count). The van der Waals surface area contributed by atoms with Crippen LogP contribution in [-0.4, -0.2) is 23.6 Å². The lowest BCUT2D eigenvalue weighted by atomic mass is 10.1. The third-order valence-electron chi connectivity index (χ3n) is 4.22. The fourth-order valence-corrected chi connectivity index (χ4v) is 2.80. The van der Waals surface area contributed by atoms with Gasteiger partial charge in [0.2, 0.25) is 0 Å². The van der Waals surface area contributed by atoms with Gasteiger partial charge < -0.3 is 10.2 Å². The minimum Gasteiger partial charge on any atom is -0.357 e. The predicted molar refractivity (Wildman–Crippen MR) is 86.2 cm³/mol. The van der Waals surface area contributed by atoms with E-state index in [0.29, 0.717) is 6.04 Å². The lowest BCUT2D eigenvalue weighted by molar-refractivity contribution is 0.423. The van der Waals surface area contributed by atoms with Gasteiger partial charge in [-0.15, -0.1) is 0 Å². The zero-order valence-corrected chi connectivity index (χ0v) is 13.7. The number of aryl methyl sites for hydroxylation is 1. The molecular formula is C17H29N3. The van der Waals surface area contributed by atoms with Gasteiger partial charge in [0.15, 0.2) is 0 Å². The number of hydrogen-bond acceptors (Lipinski definition) is 3. The molecule has 1 aliphatic rings. The van der Waals surface area contributed by atoms with Crippen molar-refractivity contribution in [3.63, 3.8) is 0 Å². The van der Waals surface area contributed by atoms with E-state index in [1.54, 1.807) is 0 Å². The molecule has 1 aliphatic carbocycles. The van der Waals surface area contributed by atoms with Gasteiger partial charge >= 0.3 is 0 Å². The molecule has 1 fully saturated rings. The summed E-state index contributed by atoms with van der Waals surface area (Å²) in [6, 6.07) is 5.08. The smallest absolute Gasteiger partial charge is 0.128 e. The quantitative estimate of drug-likeness (QED) is 0.909. The molecule has 0 atom stereocenters. The zero-order chi connectivity index (χ0) is 14.8. The number of anilines is 1. The second-order valence-corrected chi connectivity index (χ2v) is 7.07. The Labute approximate surface area is 123 Å². The molecule has 112 valence electrons. The predicted octanol–water partition coefficient (Wildman–Crippen LogP) is 3.66. The van der Waals surface area contributed by atoms with Crippen molar-refractivity contribution in [3.8, 4) is 0 Å². The van der Waals surface area contributed by atoms with Crippen LogP contribution in [0.25, 0.3) is 0 Å². The summed E-state index contributed by atoms with van der Waals surface area (Å²) in [4.78, 5) is 7.17. The van der Waals surface area contributed by atoms with Gasteiger partial charge in [-0.2, -0.15) is 0 Å². The Morgan fingerprint density at radius 1 is 1.25 bits per heavy atom. The Balaban J connectivity index is 2.05. The molecule has 1 N–H and O–H groups in total. The Hall–Kier alpha value is -1.09. The van der Waals surface area contributed by atoms with E-state index in [1.165, 1.54) is 31.2 Å². The molecule has 1 aromatic heterocycles. The number of aromatic nitrogens is 1. The summed E-state index contributed by atoms with van der Waals surface area (Å²) in [5.74, 6) is 1.12. The largest absolute Gasteiger partial charge is 0.357 e. The molecule has 0 aromatic carbocycles. The van der Waals surface area contributed by atoms with Gasteiger partial charge in [0.25, 0.3) is 0 Å². The van der Waals surface area contributed by atoms with Gasteiger partial charge in [-0.25, -0.2) is 4.98 Å². The van der Waals surface area contributed by atoms with E-state index in [2.05, 4.69) is 57.1 Å². The third kappa shape index (κ3) is 3.95. The van der Waals surface area contributed by atoms with E-state index in [1.807, 2.05) is 0 Å². The van der Waals surface area contributed by atoms with Crippen LogP contribution in [0.4, 0.5) is 5.82 Å². The van der Waals surface area contributed by atoms with Crippen LogP contribution in [0.3, 0.4) is 0 Å². The number of rotatable bonds is 4. The topological polar surface area (TPSA) is 28.2 Å². The zero-order valence-electron chi connectivity index (χ0n) is 13.7. The molecule has 0 saturated heterocycles. The van der Waals surface area contributed by atoms with Crippen molar-refractivity contribution in [1.29, 1.82) is 0 Å². The summed E-state index contributed by atoms with van der Waals surface area (Å²) in [7, 11) is 2.19. The first kappa shape index (κ1) is 15.3. The Morgan fingerprint density at radius 3 is 2.45 bits per heavy atom. The highest BCUT2D eigenvalue weighted by molar-refractivity contribution is 5.42. The summed E-state index contributed by atoms with van der Waals surface area (Å²) < 4.78 is 0. The van der Waals surface area contributed by atoms with Crippen LogP contribution in [0.5, 0.6) is 0 Å². The van der Waals surface area contributed by atoms with Crippen LogP contribution in [0.1, 0.15) is 57.7 Å². The molecule has 0 bridgehead atoms. The summed E-state index contributed by atoms with van der Waals surface area (Å²) in [6.07, 6.45) is 5.35. The Bertz CT molecular complexity index is 442. The highest BCUT2D eigenvalue weighted by Gasteiger charge is 2.21. The average Bonchev–Trinajstić information content (AvgIpc) is 2.89. The van der Waals surface area contributed by atoms with Gasteiger partial charge in [0.05, 0.1) is 0 Å². The van der Waals surface area contributed by atoms with E-state index < -0.39 is 0 Å². The molecule has 1 aromatic rings. The molecule has 3 nitrogen and oxygen atoms in total. The number of nitrogens with zero attached hydrogens (tertiary/aromatic N) is 2. The molecule has 0 unspecified atom stereocenters. The van der Waals surface area contributed by atoms with E-state index in [9.17, 15) is 0 Å². The first-order chi connectivity index (χ1) is 9.37. The van der Waals surface area contributed by atoms with Gasteiger partial charge in [-0.3, -0.25) is 0 Å². The second kappa shape index (κ2) is 6.13. The normalized spacial score (nSPS) is 16.6. The van der Waals surface area contributed by atoms with Crippen LogP contribution in [-0.2, 0) is 6.54 Å². The van der Waals surface area contributed by atoms with Crippen molar-refractivity contribution in [2.75, 3.05) is 11.9 Å². The number of nitrogens with one attached hydrogen (secondary N) is 1. The minimum absolute atomic E-state index is 0.145. The average molecular weight is 275 g/mol. The highest BCUT2D eigenvalue weighted by Crippen LogP contribution is 2.26. The molecule has 3 heteroatoms. The van der Waals surface area contributed by atoms with Crippen molar-refractivity contribution in [3.05, 3.63) is 23.4 Å². The first-order valence-electron chi connectivity index (χ1n) is 7.81. The second-order valence-electron chi connectivity index (χ2n) is 7.07. The molecule has 0 amide bonds. The van der Waals surface area contributed by atoms with Gasteiger partial charge in [0, 0.05) is 30.9 Å². The third-order valence-corrected chi connectivity index (χ3v) is 4.22. The standard InChI is InChI=1S/C17H29N3/c1-13-14(12-18-17(2,3)4)10-11-16(19-13)20(5)15-8-6-7-9-15/h10-11,15,18H,6-9,12H2,1-5H3. The molecule has 0 aliphatic heterocycles. The molecule has 0 spiro atoms. The van der Waals surface area contributed by atoms with Crippen molar-refractivity contribution in [1.82, 2.24) is 10.3 Å². The van der Waals surface area contributed by atoms with Crippen LogP contribution < -0.4 is 10.2 Å². The van der Waals surface area contributed by atoms with Gasteiger partial charge in [0.1, 0.15) is 5.82 Å². The number of hydrogen-bond donors (Lipinski definition) is 1. The van der Waals surface area contributed by atoms with Crippen molar-refractivity contribution in [2.45, 2.75) is 71.5 Å². The van der Waals surface area contributed by atoms with E-state index in [0.717, 1.165) is 18.1 Å². The van der Waals surface area contributed by atoms with Crippen molar-refractivity contribution < 1.29 is 0 Å². The Morgan fingerprint density at radius 2 is 1.90 bits per heavy atom. The van der Waals surface area contributed by atoms with E-state index >= 15 is 0 Å². The Kier molecular flexibility index (Phi) is 4.69. The van der Waals surface area contributed by atoms with E-state index in [-0.39, 0.29) is 5.54 Å². The fourth-order valence-electron chi connectivity index (χ4n) is 2.80. The molecule has 1 saturated carbocycles. The van der Waals surface area contributed by atoms with Crippen molar-refractivity contribution in [2.24, 2.45) is 0 Å². The first-order valence-corrected chi connectivity index (χ1v) is 7.81. The van der Waals surface area contributed by atoms with Crippen molar-refractivity contribution >= 4 is 5.82 Å². The lowest BCUT2D eigenvalue weighted by Crippen LogP contribution is -2.35. The van der Waals surface area contributed by atoms with Gasteiger partial charge in [-0.05, 0) is 52.2 Å². The summed E-state index contributed by atoms with van der Waals surface area (Å²) in [5.41, 5.74) is 2.58.